The summed E-state index contributed by atoms with van der Waals surface area (Å²) in [5, 5.41) is 23.9. The fraction of sp³-hybridized carbons (Fsp3) is 0.400. The molecule has 0 aromatic heterocycles. The molecule has 29 heavy (non-hydrogen) atoms. The molecule has 2 atom stereocenters. The lowest BCUT2D eigenvalue weighted by atomic mass is 9.80. The lowest BCUT2D eigenvalue weighted by molar-refractivity contribution is -0.384. The molecule has 154 valence electrons. The number of nitrogens with zero attached hydrogens (tertiary/aromatic N) is 1. The van der Waals surface area contributed by atoms with E-state index in [1.807, 2.05) is 0 Å². The van der Waals surface area contributed by atoms with Crippen LogP contribution in [0.15, 0.2) is 46.8 Å². The number of carbonyl (C=O) groups excluding carboxylic acids is 1. The van der Waals surface area contributed by atoms with Gasteiger partial charge in [-0.15, -0.1) is 0 Å². The monoisotopic (exact) mass is 402 g/mol. The molecular formula is C20H22N2O7. The number of hydrogen-bond acceptors (Lipinski definition) is 7. The number of rotatable bonds is 6. The van der Waals surface area contributed by atoms with E-state index < -0.39 is 22.8 Å². The predicted molar refractivity (Wildman–Crippen MR) is 102 cm³/mol. The van der Waals surface area contributed by atoms with Gasteiger partial charge in [-0.1, -0.05) is 12.1 Å². The summed E-state index contributed by atoms with van der Waals surface area (Å²) in [7, 11) is 0. The van der Waals surface area contributed by atoms with Crippen LogP contribution in [0.2, 0.25) is 0 Å². The number of carbonyl (C=O) groups is 2. The maximum atomic E-state index is 12.9. The van der Waals surface area contributed by atoms with Crippen molar-refractivity contribution in [1.82, 2.24) is 5.32 Å². The Hall–Kier alpha value is -3.20. The number of benzene rings is 1. The molecule has 9 heteroatoms. The first kappa shape index (κ1) is 20.5. The normalized spacial score (nSPS) is 21.7. The summed E-state index contributed by atoms with van der Waals surface area (Å²) in [6.45, 7) is 3.93. The molecule has 0 radical (unpaired) electrons. The molecule has 0 saturated carbocycles. The van der Waals surface area contributed by atoms with Gasteiger partial charge >= 0.3 is 11.9 Å². The molecule has 9 nitrogen and oxygen atoms in total. The van der Waals surface area contributed by atoms with E-state index >= 15 is 0 Å². The fourth-order valence-electron chi connectivity index (χ4n) is 3.72. The second kappa shape index (κ2) is 8.44. The van der Waals surface area contributed by atoms with Gasteiger partial charge in [0.2, 0.25) is 0 Å². The van der Waals surface area contributed by atoms with Gasteiger partial charge in [-0.25, -0.2) is 9.59 Å². The first-order valence-corrected chi connectivity index (χ1v) is 9.24. The molecule has 1 aromatic rings. The number of nitro benzene ring substituents is 1. The number of ether oxygens (including phenoxy) is 2. The number of carboxylic acids is 1. The highest BCUT2D eigenvalue weighted by Gasteiger charge is 2.38. The lowest BCUT2D eigenvalue weighted by Crippen LogP contribution is -2.32. The van der Waals surface area contributed by atoms with Crippen molar-refractivity contribution in [3.05, 3.63) is 62.5 Å². The van der Waals surface area contributed by atoms with E-state index in [0.29, 0.717) is 23.6 Å². The number of nitro groups is 1. The van der Waals surface area contributed by atoms with Crippen LogP contribution in [0.25, 0.3) is 0 Å². The Balaban J connectivity index is 2.00. The van der Waals surface area contributed by atoms with Gasteiger partial charge in [0.15, 0.2) is 0 Å². The van der Waals surface area contributed by atoms with E-state index in [1.165, 1.54) is 18.2 Å². The Morgan fingerprint density at radius 2 is 2.03 bits per heavy atom. The number of dihydropyridines is 1. The third kappa shape index (κ3) is 4.29. The van der Waals surface area contributed by atoms with Crippen molar-refractivity contribution in [2.75, 3.05) is 13.2 Å². The molecule has 0 amide bonds. The van der Waals surface area contributed by atoms with Crippen LogP contribution < -0.4 is 5.32 Å². The second-order valence-electron chi connectivity index (χ2n) is 7.03. The summed E-state index contributed by atoms with van der Waals surface area (Å²) < 4.78 is 10.9. The first-order valence-electron chi connectivity index (χ1n) is 9.24. The molecule has 1 saturated heterocycles. The van der Waals surface area contributed by atoms with Crippen molar-refractivity contribution in [3.8, 4) is 0 Å². The maximum Gasteiger partial charge on any atom is 0.336 e. The van der Waals surface area contributed by atoms with E-state index in [-0.39, 0.29) is 29.5 Å². The number of aliphatic carboxylic acids is 1. The smallest absolute Gasteiger partial charge is 0.336 e. The Labute approximate surface area is 167 Å². The first-order chi connectivity index (χ1) is 13.8. The molecule has 2 heterocycles. The van der Waals surface area contributed by atoms with E-state index in [2.05, 4.69) is 5.32 Å². The van der Waals surface area contributed by atoms with Crippen molar-refractivity contribution < 1.29 is 29.1 Å². The van der Waals surface area contributed by atoms with Crippen LogP contribution >= 0.6 is 0 Å². The van der Waals surface area contributed by atoms with Crippen LogP contribution in [0.4, 0.5) is 5.69 Å². The molecule has 0 spiro atoms. The Bertz CT molecular complexity index is 913. The van der Waals surface area contributed by atoms with Crippen LogP contribution in [0, 0.1) is 10.1 Å². The van der Waals surface area contributed by atoms with Crippen LogP contribution in [0.5, 0.6) is 0 Å². The summed E-state index contributed by atoms with van der Waals surface area (Å²) in [4.78, 5) is 35.5. The molecule has 0 bridgehead atoms. The third-order valence-electron chi connectivity index (χ3n) is 5.05. The van der Waals surface area contributed by atoms with Gasteiger partial charge in [-0.2, -0.15) is 0 Å². The molecule has 0 aliphatic carbocycles. The summed E-state index contributed by atoms with van der Waals surface area (Å²) >= 11 is 0. The molecule has 1 aromatic carbocycles. The molecule has 2 N–H and O–H groups in total. The minimum atomic E-state index is -1.22. The van der Waals surface area contributed by atoms with Crippen molar-refractivity contribution >= 4 is 17.6 Å². The summed E-state index contributed by atoms with van der Waals surface area (Å²) in [6, 6.07) is 5.63. The Kier molecular flexibility index (Phi) is 5.97. The zero-order valence-corrected chi connectivity index (χ0v) is 16.1. The van der Waals surface area contributed by atoms with Gasteiger partial charge in [-0.05, 0) is 32.3 Å². The minimum absolute atomic E-state index is 0.0554. The molecule has 2 unspecified atom stereocenters. The number of allylic oxidation sites excluding steroid dienone is 2. The van der Waals surface area contributed by atoms with Crippen molar-refractivity contribution in [3.63, 3.8) is 0 Å². The van der Waals surface area contributed by atoms with Gasteiger partial charge < -0.3 is 19.9 Å². The van der Waals surface area contributed by atoms with Gasteiger partial charge in [0.25, 0.3) is 5.69 Å². The van der Waals surface area contributed by atoms with Crippen LogP contribution in [-0.4, -0.2) is 41.3 Å². The number of nitrogens with one attached hydrogen (secondary N) is 1. The minimum Gasteiger partial charge on any atom is -0.478 e. The van der Waals surface area contributed by atoms with Crippen LogP contribution in [0.1, 0.15) is 38.2 Å². The standard InChI is InChI=1S/C20H22N2O7/c1-11-16(19(23)24)18(13-5-3-6-14(9-13)22(26)27)17(12(2)21-11)20(25)29-10-15-7-4-8-28-15/h3,5-6,9,15,18,21H,4,7-8,10H2,1-2H3,(H,23,24). The summed E-state index contributed by atoms with van der Waals surface area (Å²) in [5.74, 6) is -2.89. The lowest BCUT2D eigenvalue weighted by Gasteiger charge is -2.29. The Morgan fingerprint density at radius 1 is 1.31 bits per heavy atom. The quantitative estimate of drug-likeness (QED) is 0.422. The van der Waals surface area contributed by atoms with Crippen molar-refractivity contribution in [2.45, 2.75) is 38.7 Å². The van der Waals surface area contributed by atoms with Crippen LogP contribution in [0.3, 0.4) is 0 Å². The summed E-state index contributed by atoms with van der Waals surface area (Å²) in [6.07, 6.45) is 1.51. The SMILES string of the molecule is CC1=C(C(=O)O)C(c2cccc([N+](=O)[O-])c2)C(C(=O)OCC2CCCO2)=C(C)N1. The molecule has 2 aliphatic rings. The van der Waals surface area contributed by atoms with Gasteiger partial charge in [0, 0.05) is 30.1 Å². The zero-order chi connectivity index (χ0) is 21.1. The zero-order valence-electron chi connectivity index (χ0n) is 16.1. The van der Waals surface area contributed by atoms with Crippen LogP contribution in [-0.2, 0) is 19.1 Å². The Morgan fingerprint density at radius 3 is 2.66 bits per heavy atom. The average Bonchev–Trinajstić information content (AvgIpc) is 3.18. The summed E-state index contributed by atoms with van der Waals surface area (Å²) in [5.41, 5.74) is 1.02. The van der Waals surface area contributed by atoms with E-state index in [0.717, 1.165) is 12.8 Å². The highest BCUT2D eigenvalue weighted by Crippen LogP contribution is 2.39. The van der Waals surface area contributed by atoms with Crippen molar-refractivity contribution in [2.24, 2.45) is 0 Å². The average molecular weight is 402 g/mol. The van der Waals surface area contributed by atoms with E-state index in [9.17, 15) is 24.8 Å². The second-order valence-corrected chi connectivity index (χ2v) is 7.03. The van der Waals surface area contributed by atoms with E-state index in [4.69, 9.17) is 9.47 Å². The number of non-ortho nitro benzene ring substituents is 1. The molecular weight excluding hydrogens is 380 g/mol. The number of hydrogen-bond donors (Lipinski definition) is 2. The van der Waals surface area contributed by atoms with Gasteiger partial charge in [-0.3, -0.25) is 10.1 Å². The largest absolute Gasteiger partial charge is 0.478 e. The topological polar surface area (TPSA) is 128 Å². The highest BCUT2D eigenvalue weighted by molar-refractivity contribution is 5.99. The molecule has 2 aliphatic heterocycles. The third-order valence-corrected chi connectivity index (χ3v) is 5.05. The van der Waals surface area contributed by atoms with E-state index in [1.54, 1.807) is 19.9 Å². The maximum absolute atomic E-state index is 12.9. The van der Waals surface area contributed by atoms with Gasteiger partial charge in [0.1, 0.15) is 6.61 Å². The highest BCUT2D eigenvalue weighted by atomic mass is 16.6. The van der Waals surface area contributed by atoms with Crippen molar-refractivity contribution in [1.29, 1.82) is 0 Å². The number of esters is 1. The van der Waals surface area contributed by atoms with Gasteiger partial charge in [0.05, 0.1) is 28.1 Å². The molecule has 3 rings (SSSR count). The predicted octanol–water partition coefficient (Wildman–Crippen LogP) is 2.64. The molecule has 1 fully saturated rings. The number of carboxylic acid groups (broad SMARTS) is 1. The fourth-order valence-corrected chi connectivity index (χ4v) is 3.72.